The molecule has 3 aromatic rings. The summed E-state index contributed by atoms with van der Waals surface area (Å²) >= 11 is 0. The van der Waals surface area contributed by atoms with Crippen molar-refractivity contribution in [2.75, 3.05) is 26.2 Å². The second-order valence-corrected chi connectivity index (χ2v) is 9.60. The summed E-state index contributed by atoms with van der Waals surface area (Å²) in [6, 6.07) is 16.5. The van der Waals surface area contributed by atoms with Crippen molar-refractivity contribution in [3.05, 3.63) is 84.4 Å². The number of piperazine rings is 1. The number of carbonyl (C=O) groups is 2. The molecule has 4 rings (SSSR count). The molecular formula is C28H30FN3O4. The van der Waals surface area contributed by atoms with Crippen LogP contribution in [0.25, 0.3) is 11.1 Å². The molecule has 1 aliphatic heterocycles. The first-order valence-electron chi connectivity index (χ1n) is 11.9. The standard InChI is InChI=1S/C28H30FN3O4/c1-28(2,3)36-27(34)31-15-16-32(20(18-31)19-35-21-9-8-14-30-17-21)26(33)24-12-5-4-10-22(24)23-11-6-7-13-25(23)29/h4-14,17,20H,15-16,18-19H2,1-3H3. The Hall–Kier alpha value is -3.94. The molecule has 0 N–H and O–H groups in total. The van der Waals surface area contributed by atoms with Crippen LogP contribution < -0.4 is 4.74 Å². The van der Waals surface area contributed by atoms with Gasteiger partial charge in [-0.3, -0.25) is 9.78 Å². The summed E-state index contributed by atoms with van der Waals surface area (Å²) in [4.78, 5) is 33.9. The molecule has 36 heavy (non-hydrogen) atoms. The minimum atomic E-state index is -0.634. The summed E-state index contributed by atoms with van der Waals surface area (Å²) < 4.78 is 26.1. The molecule has 0 radical (unpaired) electrons. The van der Waals surface area contributed by atoms with Gasteiger partial charge in [-0.1, -0.05) is 36.4 Å². The van der Waals surface area contributed by atoms with Gasteiger partial charge in [-0.15, -0.1) is 0 Å². The Balaban J connectivity index is 1.61. The van der Waals surface area contributed by atoms with Gasteiger partial charge in [0.25, 0.3) is 5.91 Å². The molecule has 0 spiro atoms. The first-order chi connectivity index (χ1) is 17.2. The quantitative estimate of drug-likeness (QED) is 0.501. The van der Waals surface area contributed by atoms with E-state index in [1.54, 1.807) is 76.8 Å². The van der Waals surface area contributed by atoms with Crippen molar-refractivity contribution in [3.63, 3.8) is 0 Å². The van der Waals surface area contributed by atoms with Crippen molar-refractivity contribution in [1.82, 2.24) is 14.8 Å². The number of ether oxygens (including phenoxy) is 2. The van der Waals surface area contributed by atoms with Crippen LogP contribution in [0, 0.1) is 5.82 Å². The molecule has 1 saturated heterocycles. The lowest BCUT2D eigenvalue weighted by atomic mass is 9.97. The number of benzene rings is 2. The molecule has 0 aliphatic carbocycles. The van der Waals surface area contributed by atoms with Gasteiger partial charge in [-0.2, -0.15) is 0 Å². The SMILES string of the molecule is CC(C)(C)OC(=O)N1CCN(C(=O)c2ccccc2-c2ccccc2F)C(COc2cccnc2)C1. The fourth-order valence-corrected chi connectivity index (χ4v) is 4.12. The number of halogens is 1. The maximum absolute atomic E-state index is 14.6. The summed E-state index contributed by atoms with van der Waals surface area (Å²) in [5.41, 5.74) is 0.628. The third-order valence-corrected chi connectivity index (χ3v) is 5.79. The van der Waals surface area contributed by atoms with Crippen LogP contribution in [0.15, 0.2) is 73.1 Å². The van der Waals surface area contributed by atoms with E-state index in [1.807, 2.05) is 20.8 Å². The van der Waals surface area contributed by atoms with Crippen LogP contribution in [0.3, 0.4) is 0 Å². The molecule has 2 amide bonds. The summed E-state index contributed by atoms with van der Waals surface area (Å²) in [5, 5.41) is 0. The molecule has 0 bridgehead atoms. The van der Waals surface area contributed by atoms with Gasteiger partial charge in [0.1, 0.15) is 23.8 Å². The Labute approximate surface area is 210 Å². The van der Waals surface area contributed by atoms with Crippen molar-refractivity contribution < 1.29 is 23.5 Å². The monoisotopic (exact) mass is 491 g/mol. The number of carbonyl (C=O) groups excluding carboxylic acids is 2. The van der Waals surface area contributed by atoms with Crippen LogP contribution in [-0.4, -0.2) is 64.7 Å². The van der Waals surface area contributed by atoms with Gasteiger partial charge in [-0.25, -0.2) is 9.18 Å². The lowest BCUT2D eigenvalue weighted by molar-refractivity contribution is -0.000932. The number of amides is 2. The van der Waals surface area contributed by atoms with Gasteiger partial charge in [-0.05, 0) is 50.6 Å². The highest BCUT2D eigenvalue weighted by Gasteiger charge is 2.36. The first kappa shape index (κ1) is 25.2. The van der Waals surface area contributed by atoms with E-state index in [1.165, 1.54) is 6.07 Å². The number of rotatable bonds is 5. The molecule has 1 unspecified atom stereocenters. The lowest BCUT2D eigenvalue weighted by Gasteiger charge is -2.41. The molecule has 1 atom stereocenters. The Morgan fingerprint density at radius 1 is 1.00 bits per heavy atom. The van der Waals surface area contributed by atoms with E-state index in [0.29, 0.717) is 29.0 Å². The largest absolute Gasteiger partial charge is 0.490 e. The number of aromatic nitrogens is 1. The van der Waals surface area contributed by atoms with E-state index in [-0.39, 0.29) is 25.6 Å². The van der Waals surface area contributed by atoms with Gasteiger partial charge in [0.2, 0.25) is 0 Å². The fraction of sp³-hybridized carbons (Fsp3) is 0.321. The molecule has 2 aromatic carbocycles. The molecule has 1 fully saturated rings. The van der Waals surface area contributed by atoms with Crippen LogP contribution in [0.1, 0.15) is 31.1 Å². The summed E-state index contributed by atoms with van der Waals surface area (Å²) in [6.45, 7) is 6.42. The highest BCUT2D eigenvalue weighted by atomic mass is 19.1. The van der Waals surface area contributed by atoms with Gasteiger partial charge in [0.05, 0.1) is 12.2 Å². The highest BCUT2D eigenvalue weighted by molar-refractivity contribution is 6.01. The van der Waals surface area contributed by atoms with Crippen molar-refractivity contribution in [2.45, 2.75) is 32.4 Å². The lowest BCUT2D eigenvalue weighted by Crippen LogP contribution is -2.59. The smallest absolute Gasteiger partial charge is 0.410 e. The Kier molecular flexibility index (Phi) is 7.52. The third-order valence-electron chi connectivity index (χ3n) is 5.79. The first-order valence-corrected chi connectivity index (χ1v) is 11.9. The number of pyridine rings is 1. The Morgan fingerprint density at radius 3 is 2.42 bits per heavy atom. The minimum Gasteiger partial charge on any atom is -0.490 e. The van der Waals surface area contributed by atoms with E-state index >= 15 is 0 Å². The predicted octanol–water partition coefficient (Wildman–Crippen LogP) is 5.03. The number of hydrogen-bond donors (Lipinski definition) is 0. The molecule has 188 valence electrons. The second-order valence-electron chi connectivity index (χ2n) is 9.60. The van der Waals surface area contributed by atoms with Crippen LogP contribution in [-0.2, 0) is 4.74 Å². The van der Waals surface area contributed by atoms with Crippen molar-refractivity contribution in [3.8, 4) is 16.9 Å². The minimum absolute atomic E-state index is 0.151. The third kappa shape index (κ3) is 6.00. The predicted molar refractivity (Wildman–Crippen MR) is 134 cm³/mol. The van der Waals surface area contributed by atoms with Crippen molar-refractivity contribution in [1.29, 1.82) is 0 Å². The van der Waals surface area contributed by atoms with E-state index in [4.69, 9.17) is 9.47 Å². The summed E-state index contributed by atoms with van der Waals surface area (Å²) in [6.07, 6.45) is 2.80. The highest BCUT2D eigenvalue weighted by Crippen LogP contribution is 2.28. The summed E-state index contributed by atoms with van der Waals surface area (Å²) in [5.74, 6) is -0.0903. The molecule has 0 saturated carbocycles. The van der Waals surface area contributed by atoms with Gasteiger partial charge in [0, 0.05) is 37.0 Å². The number of hydrogen-bond acceptors (Lipinski definition) is 5. The fourth-order valence-electron chi connectivity index (χ4n) is 4.12. The molecule has 1 aromatic heterocycles. The van der Waals surface area contributed by atoms with E-state index < -0.39 is 23.6 Å². The number of nitrogens with zero attached hydrogens (tertiary/aromatic N) is 3. The van der Waals surface area contributed by atoms with Crippen LogP contribution in [0.2, 0.25) is 0 Å². The second kappa shape index (κ2) is 10.8. The van der Waals surface area contributed by atoms with Gasteiger partial charge in [0.15, 0.2) is 0 Å². The molecule has 7 nitrogen and oxygen atoms in total. The average molecular weight is 492 g/mol. The zero-order valence-corrected chi connectivity index (χ0v) is 20.7. The van der Waals surface area contributed by atoms with Crippen LogP contribution >= 0.6 is 0 Å². The van der Waals surface area contributed by atoms with E-state index in [0.717, 1.165) is 0 Å². The van der Waals surface area contributed by atoms with Crippen molar-refractivity contribution >= 4 is 12.0 Å². The molecule has 1 aliphatic rings. The zero-order chi connectivity index (χ0) is 25.7. The summed E-state index contributed by atoms with van der Waals surface area (Å²) in [7, 11) is 0. The van der Waals surface area contributed by atoms with E-state index in [9.17, 15) is 14.0 Å². The normalized spacial score (nSPS) is 15.9. The molecule has 8 heteroatoms. The van der Waals surface area contributed by atoms with Crippen molar-refractivity contribution in [2.24, 2.45) is 0 Å². The topological polar surface area (TPSA) is 72.0 Å². The maximum Gasteiger partial charge on any atom is 0.410 e. The van der Waals surface area contributed by atoms with E-state index in [2.05, 4.69) is 4.98 Å². The average Bonchev–Trinajstić information content (AvgIpc) is 2.87. The van der Waals surface area contributed by atoms with Crippen LogP contribution in [0.5, 0.6) is 5.75 Å². The Morgan fingerprint density at radius 2 is 1.72 bits per heavy atom. The van der Waals surface area contributed by atoms with Crippen LogP contribution in [0.4, 0.5) is 9.18 Å². The molecular weight excluding hydrogens is 461 g/mol. The maximum atomic E-state index is 14.6. The zero-order valence-electron chi connectivity index (χ0n) is 20.7. The van der Waals surface area contributed by atoms with Gasteiger partial charge < -0.3 is 19.3 Å². The molecule has 2 heterocycles. The van der Waals surface area contributed by atoms with Gasteiger partial charge >= 0.3 is 6.09 Å². The Bertz CT molecular complexity index is 1210.